The molecule has 0 radical (unpaired) electrons. The van der Waals surface area contributed by atoms with Crippen molar-refractivity contribution in [2.45, 2.75) is 6.42 Å². The normalized spacial score (nSPS) is 10.7. The first-order valence-corrected chi connectivity index (χ1v) is 6.62. The maximum absolute atomic E-state index is 12.1. The quantitative estimate of drug-likeness (QED) is 0.666. The molecule has 0 fully saturated rings. The van der Waals surface area contributed by atoms with Crippen LogP contribution >= 0.6 is 11.3 Å². The van der Waals surface area contributed by atoms with Crippen LogP contribution in [-0.4, -0.2) is 10.8 Å². The fourth-order valence-corrected chi connectivity index (χ4v) is 2.66. The van der Waals surface area contributed by atoms with Crippen LogP contribution in [-0.2, 0) is 6.42 Å². The molecule has 2 heterocycles. The van der Waals surface area contributed by atoms with E-state index in [4.69, 9.17) is 0 Å². The van der Waals surface area contributed by atoms with Crippen LogP contribution in [0.2, 0.25) is 0 Å². The summed E-state index contributed by atoms with van der Waals surface area (Å²) in [5, 5.41) is 4.11. The number of benzene rings is 1. The van der Waals surface area contributed by atoms with Gasteiger partial charge in [-0.15, -0.1) is 11.3 Å². The Morgan fingerprint density at radius 3 is 2.83 bits per heavy atom. The molecule has 2 nitrogen and oxygen atoms in total. The number of carbonyl (C=O) groups is 1. The Labute approximate surface area is 109 Å². The Hall–Kier alpha value is -2.00. The highest BCUT2D eigenvalue weighted by Gasteiger charge is 2.10. The number of rotatable bonds is 3. The average molecular weight is 253 g/mol. The molecule has 3 aromatic rings. The van der Waals surface area contributed by atoms with Gasteiger partial charge in [0.25, 0.3) is 0 Å². The van der Waals surface area contributed by atoms with Crippen molar-refractivity contribution in [3.05, 3.63) is 64.6 Å². The van der Waals surface area contributed by atoms with Gasteiger partial charge in [0.15, 0.2) is 5.78 Å². The third-order valence-corrected chi connectivity index (χ3v) is 3.79. The second-order valence-electron chi connectivity index (χ2n) is 4.06. The van der Waals surface area contributed by atoms with Crippen LogP contribution in [0.1, 0.15) is 15.4 Å². The minimum atomic E-state index is 0.133. The molecule has 0 aliphatic rings. The lowest BCUT2D eigenvalue weighted by Crippen LogP contribution is -2.03. The third kappa shape index (κ3) is 2.05. The van der Waals surface area contributed by atoms with Crippen LogP contribution in [0.5, 0.6) is 0 Å². The monoisotopic (exact) mass is 253 g/mol. The fourth-order valence-electron chi connectivity index (χ4n) is 2.00. The van der Waals surface area contributed by atoms with E-state index in [9.17, 15) is 4.79 Å². The second-order valence-corrected chi connectivity index (χ2v) is 5.00. The number of carbonyl (C=O) groups excluding carboxylic acids is 1. The number of Topliss-reactive ketones (excluding diaryl/α,β-unsaturated/α-hetero) is 1. The van der Waals surface area contributed by atoms with Crippen LogP contribution < -0.4 is 0 Å². The number of aromatic nitrogens is 1. The van der Waals surface area contributed by atoms with Crippen molar-refractivity contribution >= 4 is 27.9 Å². The van der Waals surface area contributed by atoms with Crippen molar-refractivity contribution in [2.24, 2.45) is 0 Å². The van der Waals surface area contributed by atoms with Gasteiger partial charge in [-0.1, -0.05) is 30.3 Å². The number of fused-ring (bicyclic) bond motifs is 1. The predicted octanol–water partition coefficient (Wildman–Crippen LogP) is 3.72. The zero-order valence-electron chi connectivity index (χ0n) is 9.67. The van der Waals surface area contributed by atoms with Gasteiger partial charge in [0.1, 0.15) is 0 Å². The van der Waals surface area contributed by atoms with Crippen molar-refractivity contribution in [3.8, 4) is 0 Å². The molecule has 0 spiro atoms. The van der Waals surface area contributed by atoms with Gasteiger partial charge in [0.05, 0.1) is 17.0 Å². The summed E-state index contributed by atoms with van der Waals surface area (Å²) in [6.45, 7) is 0. The second kappa shape index (κ2) is 4.70. The van der Waals surface area contributed by atoms with E-state index >= 15 is 0 Å². The number of thiophene rings is 1. The maximum Gasteiger partial charge on any atom is 0.178 e. The largest absolute Gasteiger partial charge is 0.293 e. The Morgan fingerprint density at radius 2 is 2.00 bits per heavy atom. The van der Waals surface area contributed by atoms with Gasteiger partial charge < -0.3 is 0 Å². The molecule has 0 amide bonds. The van der Waals surface area contributed by atoms with Crippen LogP contribution in [0.15, 0.2) is 54.0 Å². The lowest BCUT2D eigenvalue weighted by Gasteiger charge is -2.03. The smallest absolute Gasteiger partial charge is 0.178 e. The third-order valence-electron chi connectivity index (χ3n) is 2.88. The molecule has 88 valence electrons. The van der Waals surface area contributed by atoms with E-state index in [0.717, 1.165) is 21.3 Å². The summed E-state index contributed by atoms with van der Waals surface area (Å²) in [6.07, 6.45) is 2.13. The molecule has 2 aromatic heterocycles. The molecule has 0 saturated carbocycles. The molecule has 0 N–H and O–H groups in total. The first-order valence-electron chi connectivity index (χ1n) is 5.74. The molecule has 0 unspecified atom stereocenters. The van der Waals surface area contributed by atoms with Crippen molar-refractivity contribution in [1.82, 2.24) is 4.98 Å². The zero-order chi connectivity index (χ0) is 12.4. The minimum Gasteiger partial charge on any atom is -0.293 e. The molecular formula is C15H11NOS. The molecule has 18 heavy (non-hydrogen) atoms. The molecule has 0 atom stereocenters. The highest BCUT2D eigenvalue weighted by molar-refractivity contribution is 7.12. The van der Waals surface area contributed by atoms with Crippen molar-refractivity contribution < 1.29 is 4.79 Å². The van der Waals surface area contributed by atoms with Crippen molar-refractivity contribution in [1.29, 1.82) is 0 Å². The van der Waals surface area contributed by atoms with E-state index in [1.54, 1.807) is 6.20 Å². The van der Waals surface area contributed by atoms with E-state index in [2.05, 4.69) is 4.98 Å². The van der Waals surface area contributed by atoms with Gasteiger partial charge in [0, 0.05) is 11.6 Å². The lowest BCUT2D eigenvalue weighted by molar-refractivity contribution is 0.0996. The summed E-state index contributed by atoms with van der Waals surface area (Å²) < 4.78 is 0. The SMILES string of the molecule is O=C(Cc1nccc2ccccc12)c1cccs1. The summed E-state index contributed by atoms with van der Waals surface area (Å²) in [7, 11) is 0. The van der Waals surface area contributed by atoms with Crippen LogP contribution in [0.4, 0.5) is 0 Å². The fraction of sp³-hybridized carbons (Fsp3) is 0.0667. The number of pyridine rings is 1. The first-order chi connectivity index (χ1) is 8.84. The molecular weight excluding hydrogens is 242 g/mol. The predicted molar refractivity (Wildman–Crippen MR) is 74.1 cm³/mol. The summed E-state index contributed by atoms with van der Waals surface area (Å²) in [6, 6.07) is 13.7. The first kappa shape index (κ1) is 11.1. The summed E-state index contributed by atoms with van der Waals surface area (Å²) >= 11 is 1.48. The maximum atomic E-state index is 12.1. The van der Waals surface area contributed by atoms with E-state index in [0.29, 0.717) is 6.42 Å². The van der Waals surface area contributed by atoms with Crippen molar-refractivity contribution in [3.63, 3.8) is 0 Å². The van der Waals surface area contributed by atoms with Gasteiger partial charge in [0.2, 0.25) is 0 Å². The number of hydrogen-bond donors (Lipinski definition) is 0. The minimum absolute atomic E-state index is 0.133. The van der Waals surface area contributed by atoms with Gasteiger partial charge in [-0.2, -0.15) is 0 Å². The number of hydrogen-bond acceptors (Lipinski definition) is 3. The highest BCUT2D eigenvalue weighted by atomic mass is 32.1. The molecule has 3 heteroatoms. The summed E-state index contributed by atoms with van der Waals surface area (Å²) in [5.41, 5.74) is 0.853. The van der Waals surface area contributed by atoms with Gasteiger partial charge in [-0.25, -0.2) is 0 Å². The van der Waals surface area contributed by atoms with E-state index in [1.165, 1.54) is 11.3 Å². The molecule has 1 aromatic carbocycles. The van der Waals surface area contributed by atoms with Crippen LogP contribution in [0.25, 0.3) is 10.8 Å². The Kier molecular flexibility index (Phi) is 2.90. The van der Waals surface area contributed by atoms with Crippen LogP contribution in [0, 0.1) is 0 Å². The summed E-state index contributed by atoms with van der Waals surface area (Å²) in [5.74, 6) is 0.133. The van der Waals surface area contributed by atoms with Gasteiger partial charge in [-0.05, 0) is 22.9 Å². The Balaban J connectivity index is 1.98. The molecule has 0 aliphatic carbocycles. The Morgan fingerprint density at radius 1 is 1.11 bits per heavy atom. The van der Waals surface area contributed by atoms with E-state index in [-0.39, 0.29) is 5.78 Å². The van der Waals surface area contributed by atoms with Crippen LogP contribution in [0.3, 0.4) is 0 Å². The topological polar surface area (TPSA) is 30.0 Å². The molecule has 0 aliphatic heterocycles. The number of nitrogens with zero attached hydrogens (tertiary/aromatic N) is 1. The van der Waals surface area contributed by atoms with Gasteiger partial charge >= 0.3 is 0 Å². The lowest BCUT2D eigenvalue weighted by atomic mass is 10.1. The van der Waals surface area contributed by atoms with E-state index < -0.39 is 0 Å². The highest BCUT2D eigenvalue weighted by Crippen LogP contribution is 2.19. The molecule has 0 saturated heterocycles. The Bertz CT molecular complexity index is 683. The average Bonchev–Trinajstić information content (AvgIpc) is 2.93. The molecule has 3 rings (SSSR count). The number of ketones is 1. The zero-order valence-corrected chi connectivity index (χ0v) is 10.5. The summed E-state index contributed by atoms with van der Waals surface area (Å²) in [4.78, 5) is 17.2. The van der Waals surface area contributed by atoms with E-state index in [1.807, 2.05) is 47.8 Å². The van der Waals surface area contributed by atoms with Crippen molar-refractivity contribution in [2.75, 3.05) is 0 Å². The molecule has 0 bridgehead atoms. The van der Waals surface area contributed by atoms with Gasteiger partial charge in [-0.3, -0.25) is 9.78 Å². The standard InChI is InChI=1S/C15H11NOS/c17-14(15-6-3-9-18-15)10-13-12-5-2-1-4-11(12)7-8-16-13/h1-9H,10H2.